The van der Waals surface area contributed by atoms with E-state index in [1.807, 2.05) is 0 Å². The second kappa shape index (κ2) is 13.1. The second-order valence-corrected chi connectivity index (χ2v) is 14.2. The lowest BCUT2D eigenvalue weighted by molar-refractivity contribution is -0.144. The molecule has 0 bridgehead atoms. The molecule has 222 valence electrons. The number of ether oxygens (including phenoxy) is 2. The van der Waals surface area contributed by atoms with Gasteiger partial charge in [0.25, 0.3) is 0 Å². The molecule has 39 heavy (non-hydrogen) atoms. The number of unbranched alkanes of at least 4 members (excludes halogenated alkanes) is 1. The molecule has 3 saturated carbocycles. The molecule has 0 radical (unpaired) electrons. The van der Waals surface area contributed by atoms with E-state index in [0.717, 1.165) is 42.4 Å². The highest BCUT2D eigenvalue weighted by Gasteiger charge is 2.58. The molecular weight excluding hydrogens is 490 g/mol. The minimum atomic E-state index is -0.947. The Kier molecular flexibility index (Phi) is 10.2. The fourth-order valence-corrected chi connectivity index (χ4v) is 9.30. The average molecular weight is 546 g/mol. The predicted molar refractivity (Wildman–Crippen MR) is 154 cm³/mol. The number of carbonyl (C=O) groups excluding carboxylic acids is 1. The summed E-state index contributed by atoms with van der Waals surface area (Å²) in [6, 6.07) is 0. The van der Waals surface area contributed by atoms with Crippen molar-refractivity contribution >= 4 is 11.9 Å². The summed E-state index contributed by atoms with van der Waals surface area (Å²) < 4.78 is 11.0. The van der Waals surface area contributed by atoms with Crippen LogP contribution in [-0.2, 0) is 19.1 Å². The number of rotatable bonds is 13. The van der Waals surface area contributed by atoms with Crippen LogP contribution in [-0.4, -0.2) is 61.4 Å². The fourth-order valence-electron chi connectivity index (χ4n) is 9.30. The highest BCUT2D eigenvalue weighted by Crippen LogP contribution is 2.66. The molecule has 0 spiro atoms. The maximum absolute atomic E-state index is 11.7. The molecule has 6 heteroatoms. The second-order valence-electron chi connectivity index (χ2n) is 14.2. The molecule has 6 nitrogen and oxygen atoms in total. The summed E-state index contributed by atoms with van der Waals surface area (Å²) in [5.74, 6) is 2.94. The SMILES string of the molecule is COC(=O)CN(CCOC1CCC2(C)C(=CCC3C2CCC2(C)C(CCCCC(C)C)CCC32)C1)CC(=O)O. The first kappa shape index (κ1) is 30.6. The number of aliphatic carboxylic acids is 1. The highest BCUT2D eigenvalue weighted by molar-refractivity contribution is 5.73. The van der Waals surface area contributed by atoms with Gasteiger partial charge in [0, 0.05) is 6.54 Å². The van der Waals surface area contributed by atoms with Crippen LogP contribution in [0.15, 0.2) is 11.6 Å². The van der Waals surface area contributed by atoms with Gasteiger partial charge in [0.1, 0.15) is 0 Å². The summed E-state index contributed by atoms with van der Waals surface area (Å²) in [6.45, 7) is 10.6. The molecule has 0 saturated heterocycles. The van der Waals surface area contributed by atoms with Gasteiger partial charge in [-0.2, -0.15) is 0 Å². The molecule has 3 fully saturated rings. The van der Waals surface area contributed by atoms with Gasteiger partial charge in [-0.05, 0) is 98.2 Å². The van der Waals surface area contributed by atoms with Crippen LogP contribution in [0.4, 0.5) is 0 Å². The lowest BCUT2D eigenvalue weighted by Gasteiger charge is -2.58. The van der Waals surface area contributed by atoms with E-state index in [0.29, 0.717) is 24.0 Å². The van der Waals surface area contributed by atoms with Crippen LogP contribution in [0.25, 0.3) is 0 Å². The minimum Gasteiger partial charge on any atom is -0.480 e. The van der Waals surface area contributed by atoms with Crippen molar-refractivity contribution in [3.05, 3.63) is 11.6 Å². The number of carbonyl (C=O) groups is 2. The van der Waals surface area contributed by atoms with Crippen molar-refractivity contribution in [1.82, 2.24) is 4.90 Å². The standard InChI is InChI=1S/C33H55NO5/c1-23(2)8-6-7-9-24-11-13-28-27-12-10-25-20-26(14-16-33(25,4)29(27)15-17-32(24,28)3)39-19-18-34(21-30(35)36)22-31(37)38-5/h10,23-24,26-29H,6-9,11-22H2,1-5H3,(H,35,36). The Morgan fingerprint density at radius 3 is 2.59 bits per heavy atom. The van der Waals surface area contributed by atoms with Gasteiger partial charge in [0.05, 0.1) is 32.9 Å². The first-order valence-electron chi connectivity index (χ1n) is 15.9. The molecule has 4 rings (SSSR count). The number of hydrogen-bond donors (Lipinski definition) is 1. The number of allylic oxidation sites excluding steroid dienone is 1. The van der Waals surface area contributed by atoms with Gasteiger partial charge in [0.15, 0.2) is 0 Å². The first-order valence-corrected chi connectivity index (χ1v) is 15.9. The van der Waals surface area contributed by atoms with E-state index in [1.54, 1.807) is 10.5 Å². The third-order valence-electron chi connectivity index (χ3n) is 11.5. The van der Waals surface area contributed by atoms with Crippen LogP contribution >= 0.6 is 0 Å². The molecule has 1 N–H and O–H groups in total. The Bertz CT molecular complexity index is 885. The Morgan fingerprint density at radius 1 is 1.08 bits per heavy atom. The van der Waals surface area contributed by atoms with E-state index in [-0.39, 0.29) is 19.2 Å². The van der Waals surface area contributed by atoms with Crippen LogP contribution in [0.5, 0.6) is 0 Å². The largest absolute Gasteiger partial charge is 0.480 e. The molecule has 0 aromatic rings. The van der Waals surface area contributed by atoms with Gasteiger partial charge >= 0.3 is 11.9 Å². The average Bonchev–Trinajstić information content (AvgIpc) is 3.22. The topological polar surface area (TPSA) is 76.1 Å². The lowest BCUT2D eigenvalue weighted by Crippen LogP contribution is -2.50. The number of hydrogen-bond acceptors (Lipinski definition) is 5. The maximum Gasteiger partial charge on any atom is 0.319 e. The van der Waals surface area contributed by atoms with Gasteiger partial charge in [-0.15, -0.1) is 0 Å². The molecule has 0 amide bonds. The van der Waals surface area contributed by atoms with Crippen molar-refractivity contribution in [3.63, 3.8) is 0 Å². The summed E-state index contributed by atoms with van der Waals surface area (Å²) in [6.07, 6.45) is 18.6. The normalized spacial score (nSPS) is 35.8. The Hall–Kier alpha value is -1.40. The van der Waals surface area contributed by atoms with E-state index >= 15 is 0 Å². The van der Waals surface area contributed by atoms with E-state index in [9.17, 15) is 14.7 Å². The van der Waals surface area contributed by atoms with E-state index in [2.05, 4.69) is 33.8 Å². The van der Waals surface area contributed by atoms with Crippen LogP contribution in [0.3, 0.4) is 0 Å². The highest BCUT2D eigenvalue weighted by atomic mass is 16.5. The molecule has 0 aliphatic heterocycles. The third kappa shape index (κ3) is 6.92. The lowest BCUT2D eigenvalue weighted by atomic mass is 9.47. The van der Waals surface area contributed by atoms with Crippen molar-refractivity contribution in [3.8, 4) is 0 Å². The Labute approximate surface area is 237 Å². The summed E-state index contributed by atoms with van der Waals surface area (Å²) in [4.78, 5) is 24.4. The smallest absolute Gasteiger partial charge is 0.319 e. The van der Waals surface area contributed by atoms with Crippen molar-refractivity contribution in [2.45, 2.75) is 111 Å². The van der Waals surface area contributed by atoms with Gasteiger partial charge in [-0.1, -0.05) is 58.6 Å². The van der Waals surface area contributed by atoms with Crippen molar-refractivity contribution in [2.75, 3.05) is 33.4 Å². The summed E-state index contributed by atoms with van der Waals surface area (Å²) in [5, 5.41) is 9.18. The van der Waals surface area contributed by atoms with E-state index in [1.165, 1.54) is 71.3 Å². The number of methoxy groups -OCH3 is 1. The van der Waals surface area contributed by atoms with Crippen molar-refractivity contribution in [1.29, 1.82) is 0 Å². The van der Waals surface area contributed by atoms with Crippen LogP contribution in [0.1, 0.15) is 105 Å². The molecule has 4 aliphatic carbocycles. The molecule has 7 unspecified atom stereocenters. The number of nitrogens with zero attached hydrogens (tertiary/aromatic N) is 1. The quantitative estimate of drug-likeness (QED) is 0.157. The fraction of sp³-hybridized carbons (Fsp3) is 0.879. The zero-order valence-corrected chi connectivity index (χ0v) is 25.4. The summed E-state index contributed by atoms with van der Waals surface area (Å²) >= 11 is 0. The molecular formula is C33H55NO5. The van der Waals surface area contributed by atoms with Crippen LogP contribution < -0.4 is 0 Å². The van der Waals surface area contributed by atoms with Gasteiger partial charge < -0.3 is 14.6 Å². The third-order valence-corrected chi connectivity index (χ3v) is 11.5. The Balaban J connectivity index is 1.32. The van der Waals surface area contributed by atoms with Crippen molar-refractivity contribution < 1.29 is 24.2 Å². The van der Waals surface area contributed by atoms with Crippen LogP contribution in [0.2, 0.25) is 0 Å². The summed E-state index contributed by atoms with van der Waals surface area (Å²) in [7, 11) is 1.33. The molecule has 0 aromatic heterocycles. The zero-order chi connectivity index (χ0) is 28.2. The Morgan fingerprint density at radius 2 is 1.87 bits per heavy atom. The number of carboxylic acid groups (broad SMARTS) is 1. The molecule has 7 atom stereocenters. The molecule has 4 aliphatic rings. The summed E-state index contributed by atoms with van der Waals surface area (Å²) in [5.41, 5.74) is 2.47. The van der Waals surface area contributed by atoms with Gasteiger partial charge in [-0.3, -0.25) is 14.5 Å². The van der Waals surface area contributed by atoms with E-state index < -0.39 is 11.9 Å². The van der Waals surface area contributed by atoms with Crippen LogP contribution in [0, 0.1) is 40.4 Å². The zero-order valence-electron chi connectivity index (χ0n) is 25.4. The monoisotopic (exact) mass is 545 g/mol. The number of fused-ring (bicyclic) bond motifs is 5. The minimum absolute atomic E-state index is 0.0258. The number of carboxylic acids is 1. The first-order chi connectivity index (χ1) is 18.6. The number of esters is 1. The molecule has 0 heterocycles. The van der Waals surface area contributed by atoms with Crippen molar-refractivity contribution in [2.24, 2.45) is 40.4 Å². The van der Waals surface area contributed by atoms with Gasteiger partial charge in [0.2, 0.25) is 0 Å². The van der Waals surface area contributed by atoms with Gasteiger partial charge in [-0.25, -0.2) is 0 Å². The molecule has 0 aromatic carbocycles. The van der Waals surface area contributed by atoms with E-state index in [4.69, 9.17) is 9.47 Å². The maximum atomic E-state index is 11.7. The predicted octanol–water partition coefficient (Wildman–Crippen LogP) is 6.73.